The van der Waals surface area contributed by atoms with Crippen LogP contribution in [0.25, 0.3) is 0 Å². The molecule has 6 heteroatoms. The molecule has 0 spiro atoms. The molecule has 94 valence electrons. The van der Waals surface area contributed by atoms with Gasteiger partial charge in [-0.05, 0) is 18.9 Å². The molecule has 17 heavy (non-hydrogen) atoms. The van der Waals surface area contributed by atoms with Crippen molar-refractivity contribution in [2.75, 3.05) is 6.54 Å². The summed E-state index contributed by atoms with van der Waals surface area (Å²) in [5, 5.41) is 15.5. The number of carboxylic acid groups (broad SMARTS) is 1. The number of hydrogen-bond acceptors (Lipinski definition) is 3. The molecule has 6 nitrogen and oxygen atoms in total. The quantitative estimate of drug-likeness (QED) is 0.800. The Morgan fingerprint density at radius 1 is 1.47 bits per heavy atom. The van der Waals surface area contributed by atoms with E-state index in [1.807, 2.05) is 13.8 Å². The van der Waals surface area contributed by atoms with Crippen LogP contribution in [0.15, 0.2) is 12.3 Å². The van der Waals surface area contributed by atoms with Crippen LogP contribution in [0.1, 0.15) is 37.3 Å². The maximum Gasteiger partial charge on any atom is 0.354 e. The Kier molecular flexibility index (Phi) is 4.25. The molecule has 0 aliphatic heterocycles. The van der Waals surface area contributed by atoms with Gasteiger partial charge in [-0.2, -0.15) is 5.10 Å². The molecule has 1 amide bonds. The van der Waals surface area contributed by atoms with Crippen molar-refractivity contribution in [2.24, 2.45) is 5.92 Å². The van der Waals surface area contributed by atoms with E-state index in [9.17, 15) is 9.59 Å². The van der Waals surface area contributed by atoms with Crippen LogP contribution in [0.3, 0.4) is 0 Å². The lowest BCUT2D eigenvalue weighted by Gasteiger charge is -2.15. The van der Waals surface area contributed by atoms with Gasteiger partial charge in [0.15, 0.2) is 0 Å². The Labute approximate surface area is 99.6 Å². The van der Waals surface area contributed by atoms with E-state index in [2.05, 4.69) is 10.4 Å². The van der Waals surface area contributed by atoms with Crippen LogP contribution in [0.5, 0.6) is 0 Å². The summed E-state index contributed by atoms with van der Waals surface area (Å²) in [5.41, 5.74) is 0.0113. The summed E-state index contributed by atoms with van der Waals surface area (Å²) in [6.45, 7) is 6.16. The first-order chi connectivity index (χ1) is 7.93. The second-order valence-electron chi connectivity index (χ2n) is 4.28. The van der Waals surface area contributed by atoms with Gasteiger partial charge in [0.25, 0.3) is 0 Å². The minimum absolute atomic E-state index is 0.0113. The Hall–Kier alpha value is -1.85. The third kappa shape index (κ3) is 3.30. The highest BCUT2D eigenvalue weighted by molar-refractivity contribution is 5.87. The van der Waals surface area contributed by atoms with Crippen molar-refractivity contribution < 1.29 is 14.7 Å². The molecule has 1 rings (SSSR count). The fourth-order valence-electron chi connectivity index (χ4n) is 1.36. The first-order valence-corrected chi connectivity index (χ1v) is 5.48. The van der Waals surface area contributed by atoms with Crippen molar-refractivity contribution in [1.29, 1.82) is 0 Å². The molecule has 2 N–H and O–H groups in total. The van der Waals surface area contributed by atoms with Crippen molar-refractivity contribution in [3.8, 4) is 0 Å². The lowest BCUT2D eigenvalue weighted by Crippen LogP contribution is -2.34. The second-order valence-corrected chi connectivity index (χ2v) is 4.28. The van der Waals surface area contributed by atoms with Crippen LogP contribution in [-0.2, 0) is 4.79 Å². The average molecular weight is 239 g/mol. The van der Waals surface area contributed by atoms with E-state index in [-0.39, 0.29) is 11.6 Å². The van der Waals surface area contributed by atoms with Gasteiger partial charge >= 0.3 is 5.97 Å². The zero-order valence-corrected chi connectivity index (χ0v) is 10.2. The second kappa shape index (κ2) is 5.47. The number of nitrogens with zero attached hydrogens (tertiary/aromatic N) is 2. The zero-order valence-electron chi connectivity index (χ0n) is 10.2. The van der Waals surface area contributed by atoms with E-state index >= 15 is 0 Å². The summed E-state index contributed by atoms with van der Waals surface area (Å²) in [7, 11) is 0. The van der Waals surface area contributed by atoms with Crippen molar-refractivity contribution in [1.82, 2.24) is 15.1 Å². The maximum atomic E-state index is 11.8. The number of carbonyl (C=O) groups excluding carboxylic acids is 1. The van der Waals surface area contributed by atoms with E-state index in [0.717, 1.165) is 0 Å². The molecule has 1 aromatic rings. The van der Waals surface area contributed by atoms with E-state index < -0.39 is 12.0 Å². The number of nitrogens with one attached hydrogen (secondary N) is 1. The van der Waals surface area contributed by atoms with E-state index in [0.29, 0.717) is 12.5 Å². The number of carboxylic acids is 1. The normalized spacial score (nSPS) is 12.5. The van der Waals surface area contributed by atoms with Crippen LogP contribution < -0.4 is 5.32 Å². The van der Waals surface area contributed by atoms with Crippen LogP contribution in [0.4, 0.5) is 0 Å². The number of amides is 1. The van der Waals surface area contributed by atoms with Gasteiger partial charge in [-0.15, -0.1) is 0 Å². The minimum Gasteiger partial charge on any atom is -0.477 e. The van der Waals surface area contributed by atoms with E-state index in [1.54, 1.807) is 6.92 Å². The SMILES string of the molecule is CC(C)CNC(=O)C(C)n1nccc1C(=O)O. The van der Waals surface area contributed by atoms with Gasteiger partial charge in [0.2, 0.25) is 5.91 Å². The fourth-order valence-corrected chi connectivity index (χ4v) is 1.36. The predicted molar refractivity (Wildman–Crippen MR) is 61.7 cm³/mol. The highest BCUT2D eigenvalue weighted by Gasteiger charge is 2.20. The van der Waals surface area contributed by atoms with Crippen LogP contribution in [0.2, 0.25) is 0 Å². The number of hydrogen-bond donors (Lipinski definition) is 2. The first kappa shape index (κ1) is 13.2. The molecule has 1 unspecified atom stereocenters. The van der Waals surface area contributed by atoms with Gasteiger partial charge in [-0.3, -0.25) is 4.79 Å². The molecule has 0 radical (unpaired) electrons. The standard InChI is InChI=1S/C11H17N3O3/c1-7(2)6-12-10(15)8(3)14-9(11(16)17)4-5-13-14/h4-5,7-8H,6H2,1-3H3,(H,12,15)(H,16,17). The molecule has 1 heterocycles. The Bertz CT molecular complexity index is 412. The molecule has 1 aromatic heterocycles. The Morgan fingerprint density at radius 3 is 2.65 bits per heavy atom. The molecule has 0 fully saturated rings. The monoisotopic (exact) mass is 239 g/mol. The molecule has 0 saturated carbocycles. The number of aromatic carboxylic acids is 1. The molecule has 0 saturated heterocycles. The van der Waals surface area contributed by atoms with Gasteiger partial charge in [0.1, 0.15) is 11.7 Å². The predicted octanol–water partition coefficient (Wildman–Crippen LogP) is 0.914. The summed E-state index contributed by atoms with van der Waals surface area (Å²) in [5.74, 6) is -0.973. The summed E-state index contributed by atoms with van der Waals surface area (Å²) in [6.07, 6.45) is 1.37. The van der Waals surface area contributed by atoms with Crippen molar-refractivity contribution in [3.05, 3.63) is 18.0 Å². The number of aromatic nitrogens is 2. The first-order valence-electron chi connectivity index (χ1n) is 5.48. The summed E-state index contributed by atoms with van der Waals surface area (Å²) < 4.78 is 1.21. The van der Waals surface area contributed by atoms with Gasteiger partial charge in [0.05, 0.1) is 0 Å². The van der Waals surface area contributed by atoms with Gasteiger partial charge in [-0.1, -0.05) is 13.8 Å². The molecular formula is C11H17N3O3. The Morgan fingerprint density at radius 2 is 2.12 bits per heavy atom. The fraction of sp³-hybridized carbons (Fsp3) is 0.545. The number of carbonyl (C=O) groups is 2. The van der Waals surface area contributed by atoms with Gasteiger partial charge < -0.3 is 10.4 Å². The zero-order chi connectivity index (χ0) is 13.0. The van der Waals surface area contributed by atoms with Crippen molar-refractivity contribution in [3.63, 3.8) is 0 Å². The molecule has 0 aromatic carbocycles. The Balaban J connectivity index is 2.75. The third-order valence-corrected chi connectivity index (χ3v) is 2.32. The lowest BCUT2D eigenvalue weighted by molar-refractivity contribution is -0.124. The highest BCUT2D eigenvalue weighted by Crippen LogP contribution is 2.09. The van der Waals surface area contributed by atoms with E-state index in [1.165, 1.54) is 16.9 Å². The molecular weight excluding hydrogens is 222 g/mol. The largest absolute Gasteiger partial charge is 0.477 e. The molecule has 0 bridgehead atoms. The van der Waals surface area contributed by atoms with E-state index in [4.69, 9.17) is 5.11 Å². The number of rotatable bonds is 5. The molecule has 1 atom stereocenters. The third-order valence-electron chi connectivity index (χ3n) is 2.32. The molecule has 0 aliphatic rings. The van der Waals surface area contributed by atoms with Crippen LogP contribution in [-0.4, -0.2) is 33.3 Å². The van der Waals surface area contributed by atoms with Crippen molar-refractivity contribution in [2.45, 2.75) is 26.8 Å². The molecule has 0 aliphatic carbocycles. The smallest absolute Gasteiger partial charge is 0.354 e. The van der Waals surface area contributed by atoms with Crippen LogP contribution >= 0.6 is 0 Å². The summed E-state index contributed by atoms with van der Waals surface area (Å²) >= 11 is 0. The topological polar surface area (TPSA) is 84.2 Å². The minimum atomic E-state index is -1.09. The van der Waals surface area contributed by atoms with Gasteiger partial charge in [-0.25, -0.2) is 9.48 Å². The van der Waals surface area contributed by atoms with Crippen molar-refractivity contribution >= 4 is 11.9 Å². The van der Waals surface area contributed by atoms with Crippen LogP contribution in [0, 0.1) is 5.92 Å². The highest BCUT2D eigenvalue weighted by atomic mass is 16.4. The maximum absolute atomic E-state index is 11.8. The van der Waals surface area contributed by atoms with Gasteiger partial charge in [0, 0.05) is 12.7 Å². The summed E-state index contributed by atoms with van der Waals surface area (Å²) in [4.78, 5) is 22.6. The lowest BCUT2D eigenvalue weighted by atomic mass is 10.2. The summed E-state index contributed by atoms with van der Waals surface area (Å²) in [6, 6.07) is 0.740. The average Bonchev–Trinajstić information content (AvgIpc) is 2.73.